The van der Waals surface area contributed by atoms with E-state index in [2.05, 4.69) is 15.7 Å². The minimum atomic E-state index is -0.892. The van der Waals surface area contributed by atoms with Crippen LogP contribution in [0.2, 0.25) is 0 Å². The maximum atomic E-state index is 13.4. The number of aromatic nitrogens is 2. The normalized spacial score (nSPS) is 20.2. The standard InChI is InChI=1S/C27H33N5O5/c1-16(2)13-22(23(33)26-31-32(27(36)37-26)15-18-7-8-18)30-25(35)20-5-3-4-6-21(20)29-24(34)19-11-9-17(14-28)10-12-19/h9-12,16,18,20-22H,3-8,13,15H2,1-2H3,(H,29,34)(H,30,35)/t20-,21+,22+/m1/s1. The van der Waals surface area contributed by atoms with Crippen molar-refractivity contribution in [2.45, 2.75) is 77.4 Å². The molecule has 10 heteroatoms. The molecule has 0 radical (unpaired) electrons. The van der Waals surface area contributed by atoms with Gasteiger partial charge in [0.1, 0.15) is 0 Å². The second-order valence-corrected chi connectivity index (χ2v) is 10.5. The van der Waals surface area contributed by atoms with Crippen LogP contribution in [-0.2, 0) is 11.3 Å². The van der Waals surface area contributed by atoms with Gasteiger partial charge in [-0.25, -0.2) is 4.79 Å². The summed E-state index contributed by atoms with van der Waals surface area (Å²) in [5.41, 5.74) is 0.869. The molecule has 2 aliphatic carbocycles. The predicted molar refractivity (Wildman–Crippen MR) is 134 cm³/mol. The zero-order valence-electron chi connectivity index (χ0n) is 21.2. The minimum absolute atomic E-state index is 0.0905. The SMILES string of the molecule is CC(C)C[C@H](NC(=O)[C@@H]1CCCC[C@@H]1NC(=O)c1ccc(C#N)cc1)C(=O)c1nn(CC2CC2)c(=O)o1. The van der Waals surface area contributed by atoms with Crippen molar-refractivity contribution in [2.24, 2.45) is 17.8 Å². The van der Waals surface area contributed by atoms with Crippen molar-refractivity contribution in [3.63, 3.8) is 0 Å². The number of hydrogen-bond donors (Lipinski definition) is 2. The maximum absolute atomic E-state index is 13.4. The first-order chi connectivity index (χ1) is 17.7. The fraction of sp³-hybridized carbons (Fsp3) is 0.556. The average Bonchev–Trinajstić information content (AvgIpc) is 3.63. The third kappa shape index (κ3) is 6.73. The summed E-state index contributed by atoms with van der Waals surface area (Å²) in [6.07, 6.45) is 5.35. The fourth-order valence-corrected chi connectivity index (χ4v) is 4.76. The van der Waals surface area contributed by atoms with Gasteiger partial charge in [0.25, 0.3) is 11.8 Å². The Morgan fingerprint density at radius 3 is 2.49 bits per heavy atom. The molecule has 3 atom stereocenters. The highest BCUT2D eigenvalue weighted by atomic mass is 16.4. The monoisotopic (exact) mass is 507 g/mol. The zero-order chi connectivity index (χ0) is 26.5. The Balaban J connectivity index is 1.45. The summed E-state index contributed by atoms with van der Waals surface area (Å²) in [6, 6.07) is 7.06. The van der Waals surface area contributed by atoms with E-state index in [0.29, 0.717) is 42.9 Å². The van der Waals surface area contributed by atoms with Gasteiger partial charge in [-0.15, -0.1) is 5.10 Å². The summed E-state index contributed by atoms with van der Waals surface area (Å²) >= 11 is 0. The molecule has 10 nitrogen and oxygen atoms in total. The second-order valence-electron chi connectivity index (χ2n) is 10.5. The smallest absolute Gasteiger partial charge is 0.384 e. The molecule has 0 unspecified atom stereocenters. The molecule has 2 amide bonds. The number of ketones is 1. The highest BCUT2D eigenvalue weighted by molar-refractivity contribution is 5.99. The van der Waals surface area contributed by atoms with E-state index in [9.17, 15) is 19.2 Å². The zero-order valence-corrected chi connectivity index (χ0v) is 21.2. The van der Waals surface area contributed by atoms with Gasteiger partial charge in [-0.3, -0.25) is 14.4 Å². The Hall–Kier alpha value is -3.74. The molecule has 0 bridgehead atoms. The Morgan fingerprint density at radius 2 is 1.84 bits per heavy atom. The number of amides is 2. The van der Waals surface area contributed by atoms with E-state index in [1.165, 1.54) is 4.68 Å². The molecule has 2 saturated carbocycles. The second kappa shape index (κ2) is 11.5. The summed E-state index contributed by atoms with van der Waals surface area (Å²) in [6.45, 7) is 4.31. The van der Waals surface area contributed by atoms with Gasteiger partial charge in [-0.1, -0.05) is 26.7 Å². The van der Waals surface area contributed by atoms with E-state index in [0.717, 1.165) is 25.7 Å². The van der Waals surface area contributed by atoms with Crippen LogP contribution in [0.25, 0.3) is 0 Å². The number of rotatable bonds is 10. The number of nitrogens with one attached hydrogen (secondary N) is 2. The van der Waals surface area contributed by atoms with Crippen molar-refractivity contribution in [3.8, 4) is 6.07 Å². The largest absolute Gasteiger partial charge is 0.437 e. The van der Waals surface area contributed by atoms with Crippen LogP contribution < -0.4 is 16.4 Å². The van der Waals surface area contributed by atoms with Crippen molar-refractivity contribution >= 4 is 17.6 Å². The van der Waals surface area contributed by atoms with Gasteiger partial charge in [-0.2, -0.15) is 9.94 Å². The third-order valence-electron chi connectivity index (χ3n) is 6.98. The number of hydrogen-bond acceptors (Lipinski definition) is 7. The molecule has 0 aliphatic heterocycles. The average molecular weight is 508 g/mol. The molecule has 2 aliphatic rings. The van der Waals surface area contributed by atoms with Gasteiger partial charge < -0.3 is 15.1 Å². The Kier molecular flexibility index (Phi) is 8.21. The molecule has 0 spiro atoms. The quantitative estimate of drug-likeness (QED) is 0.470. The highest BCUT2D eigenvalue weighted by Gasteiger charge is 2.36. The lowest BCUT2D eigenvalue weighted by Crippen LogP contribution is -2.52. The van der Waals surface area contributed by atoms with Crippen LogP contribution in [0.1, 0.15) is 85.4 Å². The van der Waals surface area contributed by atoms with Crippen LogP contribution in [0.3, 0.4) is 0 Å². The van der Waals surface area contributed by atoms with Crippen LogP contribution >= 0.6 is 0 Å². The van der Waals surface area contributed by atoms with Gasteiger partial charge >= 0.3 is 5.76 Å². The van der Waals surface area contributed by atoms with E-state index in [1.54, 1.807) is 24.3 Å². The molecule has 2 aromatic rings. The molecule has 1 aromatic heterocycles. The molecular weight excluding hydrogens is 474 g/mol. The lowest BCUT2D eigenvalue weighted by atomic mass is 9.83. The van der Waals surface area contributed by atoms with Crippen molar-refractivity contribution in [1.82, 2.24) is 20.4 Å². The van der Waals surface area contributed by atoms with E-state index in [1.807, 2.05) is 19.9 Å². The maximum Gasteiger partial charge on any atom is 0.437 e. The first-order valence-electron chi connectivity index (χ1n) is 13.0. The van der Waals surface area contributed by atoms with Crippen LogP contribution in [0.4, 0.5) is 0 Å². The van der Waals surface area contributed by atoms with E-state index < -0.39 is 23.5 Å². The van der Waals surface area contributed by atoms with Crippen molar-refractivity contribution in [3.05, 3.63) is 51.8 Å². The van der Waals surface area contributed by atoms with Crippen molar-refractivity contribution in [2.75, 3.05) is 0 Å². The summed E-state index contributed by atoms with van der Waals surface area (Å²) in [7, 11) is 0. The topological polar surface area (TPSA) is 147 Å². The Bertz CT molecular complexity index is 1240. The fourth-order valence-electron chi connectivity index (χ4n) is 4.76. The predicted octanol–water partition coefficient (Wildman–Crippen LogP) is 2.82. The van der Waals surface area contributed by atoms with Gasteiger partial charge in [-0.05, 0) is 68.2 Å². The summed E-state index contributed by atoms with van der Waals surface area (Å²) in [5, 5.41) is 18.9. The molecule has 196 valence electrons. The van der Waals surface area contributed by atoms with Crippen LogP contribution in [0.5, 0.6) is 0 Å². The van der Waals surface area contributed by atoms with Gasteiger partial charge in [0.2, 0.25) is 11.7 Å². The molecule has 1 heterocycles. The van der Waals surface area contributed by atoms with Gasteiger partial charge in [0.15, 0.2) is 0 Å². The van der Waals surface area contributed by atoms with E-state index in [4.69, 9.17) is 9.68 Å². The molecule has 2 fully saturated rings. The van der Waals surface area contributed by atoms with Crippen LogP contribution in [-0.4, -0.2) is 39.5 Å². The number of carbonyl (C=O) groups excluding carboxylic acids is 3. The third-order valence-corrected chi connectivity index (χ3v) is 6.98. The summed E-state index contributed by atoms with van der Waals surface area (Å²) in [5.74, 6) is -2.13. The molecule has 0 saturated heterocycles. The van der Waals surface area contributed by atoms with Crippen LogP contribution in [0, 0.1) is 29.1 Å². The van der Waals surface area contributed by atoms with Crippen LogP contribution in [0.15, 0.2) is 33.5 Å². The lowest BCUT2D eigenvalue weighted by molar-refractivity contribution is -0.127. The highest BCUT2D eigenvalue weighted by Crippen LogP contribution is 2.30. The number of nitriles is 1. The van der Waals surface area contributed by atoms with E-state index >= 15 is 0 Å². The first kappa shape index (κ1) is 26.3. The Morgan fingerprint density at radius 1 is 1.14 bits per heavy atom. The summed E-state index contributed by atoms with van der Waals surface area (Å²) in [4.78, 5) is 51.6. The van der Waals surface area contributed by atoms with Crippen molar-refractivity contribution in [1.29, 1.82) is 5.26 Å². The van der Waals surface area contributed by atoms with E-state index in [-0.39, 0.29) is 29.7 Å². The number of nitrogens with zero attached hydrogens (tertiary/aromatic N) is 3. The number of Topliss-reactive ketones (excluding diaryl/α,β-unsaturated/α-hetero) is 1. The molecule has 1 aromatic carbocycles. The molecule has 37 heavy (non-hydrogen) atoms. The Labute approximate surface area is 215 Å². The molecule has 2 N–H and O–H groups in total. The lowest BCUT2D eigenvalue weighted by Gasteiger charge is -2.32. The number of carbonyl (C=O) groups is 3. The van der Waals surface area contributed by atoms with Crippen molar-refractivity contribution < 1.29 is 18.8 Å². The minimum Gasteiger partial charge on any atom is -0.384 e. The summed E-state index contributed by atoms with van der Waals surface area (Å²) < 4.78 is 6.34. The van der Waals surface area contributed by atoms with Gasteiger partial charge in [0.05, 0.1) is 30.1 Å². The molecule has 4 rings (SSSR count). The van der Waals surface area contributed by atoms with Gasteiger partial charge in [0, 0.05) is 11.6 Å². The molecular formula is C27H33N5O5. The number of benzene rings is 1. The first-order valence-corrected chi connectivity index (χ1v) is 13.0.